The van der Waals surface area contributed by atoms with Crippen molar-refractivity contribution in [1.29, 1.82) is 0 Å². The lowest BCUT2D eigenvalue weighted by Crippen LogP contribution is -2.52. The van der Waals surface area contributed by atoms with Gasteiger partial charge in [-0.15, -0.1) is 0 Å². The van der Waals surface area contributed by atoms with Gasteiger partial charge in [0.25, 0.3) is 0 Å². The average Bonchev–Trinajstić information content (AvgIpc) is 2.50. The van der Waals surface area contributed by atoms with E-state index in [0.29, 0.717) is 6.54 Å². The van der Waals surface area contributed by atoms with Crippen LogP contribution in [0.1, 0.15) is 59.3 Å². The van der Waals surface area contributed by atoms with E-state index in [1.165, 1.54) is 0 Å². The van der Waals surface area contributed by atoms with Gasteiger partial charge in [-0.05, 0) is 38.6 Å². The van der Waals surface area contributed by atoms with Crippen LogP contribution in [-0.4, -0.2) is 37.3 Å². The van der Waals surface area contributed by atoms with Crippen LogP contribution in [0.2, 0.25) is 0 Å². The van der Waals surface area contributed by atoms with Gasteiger partial charge in [-0.25, -0.2) is 0 Å². The number of nitrogens with one attached hydrogen (secondary N) is 2. The molecule has 118 valence electrons. The third-order valence-corrected chi connectivity index (χ3v) is 5.14. The summed E-state index contributed by atoms with van der Waals surface area (Å²) in [5.74, 6) is 0.172. The van der Waals surface area contributed by atoms with Crippen LogP contribution in [0.3, 0.4) is 0 Å². The van der Waals surface area contributed by atoms with Crippen LogP contribution in [0, 0.1) is 10.8 Å². The number of carbonyl (C=O) groups excluding carboxylic acids is 1. The Labute approximate surface area is 123 Å². The first-order chi connectivity index (χ1) is 9.58. The highest BCUT2D eigenvalue weighted by Gasteiger charge is 2.39. The van der Waals surface area contributed by atoms with E-state index >= 15 is 0 Å². The standard InChI is InChI=1S/C16H32N2O2/c1-4-8-16(9-7-10-17-12-16)14(20)18-11-15(5-2,6-3)13-19/h17,19H,4-13H2,1-3H3,(H,18,20). The highest BCUT2D eigenvalue weighted by molar-refractivity contribution is 5.83. The fraction of sp³-hybridized carbons (Fsp3) is 0.938. The minimum atomic E-state index is -0.240. The lowest BCUT2D eigenvalue weighted by molar-refractivity contribution is -0.133. The lowest BCUT2D eigenvalue weighted by atomic mass is 9.75. The van der Waals surface area contributed by atoms with E-state index in [2.05, 4.69) is 31.4 Å². The number of rotatable bonds is 8. The zero-order valence-corrected chi connectivity index (χ0v) is 13.4. The molecule has 1 unspecified atom stereocenters. The van der Waals surface area contributed by atoms with Crippen LogP contribution in [0.4, 0.5) is 0 Å². The van der Waals surface area contributed by atoms with Crippen LogP contribution in [0.15, 0.2) is 0 Å². The molecule has 1 heterocycles. The molecule has 1 amide bonds. The summed E-state index contributed by atoms with van der Waals surface area (Å²) in [6.07, 6.45) is 5.79. The second kappa shape index (κ2) is 7.99. The molecule has 0 aromatic carbocycles. The van der Waals surface area contributed by atoms with Gasteiger partial charge in [0.2, 0.25) is 5.91 Å². The number of amides is 1. The summed E-state index contributed by atoms with van der Waals surface area (Å²) >= 11 is 0. The zero-order chi connectivity index (χ0) is 15.1. The van der Waals surface area contributed by atoms with Crippen LogP contribution in [-0.2, 0) is 4.79 Å². The fourth-order valence-electron chi connectivity index (χ4n) is 3.20. The predicted molar refractivity (Wildman–Crippen MR) is 82.6 cm³/mol. The van der Waals surface area contributed by atoms with E-state index in [1.54, 1.807) is 0 Å². The summed E-state index contributed by atoms with van der Waals surface area (Å²) in [4.78, 5) is 12.7. The molecule has 0 radical (unpaired) electrons. The maximum Gasteiger partial charge on any atom is 0.227 e. The Morgan fingerprint density at radius 3 is 2.50 bits per heavy atom. The van der Waals surface area contributed by atoms with Gasteiger partial charge < -0.3 is 15.7 Å². The van der Waals surface area contributed by atoms with Crippen molar-refractivity contribution < 1.29 is 9.90 Å². The third kappa shape index (κ3) is 3.95. The molecular weight excluding hydrogens is 252 g/mol. The number of hydrogen-bond donors (Lipinski definition) is 3. The Kier molecular flexibility index (Phi) is 6.96. The van der Waals surface area contributed by atoms with Gasteiger partial charge >= 0.3 is 0 Å². The number of aliphatic hydroxyl groups is 1. The summed E-state index contributed by atoms with van der Waals surface area (Å²) in [5, 5.41) is 16.1. The summed E-state index contributed by atoms with van der Waals surface area (Å²) in [6, 6.07) is 0. The van der Waals surface area contributed by atoms with Crippen LogP contribution in [0.5, 0.6) is 0 Å². The molecule has 4 nitrogen and oxygen atoms in total. The van der Waals surface area contributed by atoms with Crippen LogP contribution < -0.4 is 10.6 Å². The second-order valence-electron chi connectivity index (χ2n) is 6.36. The molecule has 1 atom stereocenters. The molecule has 1 aliphatic heterocycles. The Morgan fingerprint density at radius 1 is 1.35 bits per heavy atom. The van der Waals surface area contributed by atoms with Crippen molar-refractivity contribution in [1.82, 2.24) is 10.6 Å². The first-order valence-electron chi connectivity index (χ1n) is 8.18. The van der Waals surface area contributed by atoms with Gasteiger partial charge in [0.05, 0.1) is 12.0 Å². The summed E-state index contributed by atoms with van der Waals surface area (Å²) < 4.78 is 0. The molecular formula is C16H32N2O2. The molecule has 1 fully saturated rings. The summed E-state index contributed by atoms with van der Waals surface area (Å²) in [6.45, 7) is 8.83. The maximum atomic E-state index is 12.7. The Morgan fingerprint density at radius 2 is 2.05 bits per heavy atom. The van der Waals surface area contributed by atoms with Gasteiger partial charge in [-0.2, -0.15) is 0 Å². The van der Waals surface area contributed by atoms with Crippen molar-refractivity contribution in [2.24, 2.45) is 10.8 Å². The minimum absolute atomic E-state index is 0.138. The van der Waals surface area contributed by atoms with Crippen molar-refractivity contribution in [3.8, 4) is 0 Å². The Hall–Kier alpha value is -0.610. The molecule has 1 rings (SSSR count). The summed E-state index contributed by atoms with van der Waals surface area (Å²) in [5.41, 5.74) is -0.402. The van der Waals surface area contributed by atoms with Gasteiger partial charge in [-0.1, -0.05) is 27.2 Å². The van der Waals surface area contributed by atoms with Crippen molar-refractivity contribution in [2.45, 2.75) is 59.3 Å². The molecule has 1 aliphatic rings. The largest absolute Gasteiger partial charge is 0.396 e. The van der Waals surface area contributed by atoms with Gasteiger partial charge in [-0.3, -0.25) is 4.79 Å². The molecule has 0 saturated carbocycles. The van der Waals surface area contributed by atoms with Gasteiger partial charge in [0, 0.05) is 18.5 Å². The van der Waals surface area contributed by atoms with Crippen LogP contribution >= 0.6 is 0 Å². The fourth-order valence-corrected chi connectivity index (χ4v) is 3.20. The quantitative estimate of drug-likeness (QED) is 0.639. The number of piperidine rings is 1. The molecule has 1 saturated heterocycles. The normalized spacial score (nSPS) is 23.6. The second-order valence-corrected chi connectivity index (χ2v) is 6.36. The first kappa shape index (κ1) is 17.4. The first-order valence-corrected chi connectivity index (χ1v) is 8.18. The highest BCUT2D eigenvalue weighted by atomic mass is 16.3. The number of aliphatic hydroxyl groups excluding tert-OH is 1. The monoisotopic (exact) mass is 284 g/mol. The Bertz CT molecular complexity index is 281. The zero-order valence-electron chi connectivity index (χ0n) is 13.4. The van der Waals surface area contributed by atoms with Gasteiger partial charge in [0.15, 0.2) is 0 Å². The minimum Gasteiger partial charge on any atom is -0.396 e. The van der Waals surface area contributed by atoms with Crippen molar-refractivity contribution in [2.75, 3.05) is 26.2 Å². The highest BCUT2D eigenvalue weighted by Crippen LogP contribution is 2.32. The molecule has 0 aliphatic carbocycles. The van der Waals surface area contributed by atoms with E-state index in [1.807, 2.05) is 0 Å². The molecule has 0 spiro atoms. The Balaban J connectivity index is 2.67. The smallest absolute Gasteiger partial charge is 0.227 e. The molecule has 20 heavy (non-hydrogen) atoms. The third-order valence-electron chi connectivity index (χ3n) is 5.14. The van der Waals surface area contributed by atoms with E-state index in [4.69, 9.17) is 0 Å². The van der Waals surface area contributed by atoms with E-state index in [0.717, 1.165) is 51.6 Å². The van der Waals surface area contributed by atoms with E-state index in [9.17, 15) is 9.90 Å². The van der Waals surface area contributed by atoms with Crippen LogP contribution in [0.25, 0.3) is 0 Å². The number of carbonyl (C=O) groups is 1. The predicted octanol–water partition coefficient (Wildman–Crippen LogP) is 2.07. The van der Waals surface area contributed by atoms with Crippen molar-refractivity contribution >= 4 is 5.91 Å². The SMILES string of the molecule is CCCC1(C(=O)NCC(CC)(CC)CO)CCCNC1. The van der Waals surface area contributed by atoms with Crippen molar-refractivity contribution in [3.05, 3.63) is 0 Å². The topological polar surface area (TPSA) is 61.4 Å². The lowest BCUT2D eigenvalue weighted by Gasteiger charge is -2.38. The molecule has 0 aromatic heterocycles. The summed E-state index contributed by atoms with van der Waals surface area (Å²) in [7, 11) is 0. The van der Waals surface area contributed by atoms with E-state index < -0.39 is 0 Å². The molecule has 3 N–H and O–H groups in total. The van der Waals surface area contributed by atoms with E-state index in [-0.39, 0.29) is 23.3 Å². The average molecular weight is 284 g/mol. The maximum absolute atomic E-state index is 12.7. The molecule has 4 heteroatoms. The van der Waals surface area contributed by atoms with Gasteiger partial charge in [0.1, 0.15) is 0 Å². The molecule has 0 bridgehead atoms. The molecule has 0 aromatic rings. The van der Waals surface area contributed by atoms with Crippen molar-refractivity contribution in [3.63, 3.8) is 0 Å². The number of hydrogen-bond acceptors (Lipinski definition) is 3.